The standard InChI is InChI=1S/C23H46N2/c1-7-22(3,4)18-14-16(9-11-20(18)24)13-17-10-12-21(25)19(15-17)23(5,6)8-2/h16-21H,7-15,24-25H2,1-6H3. The highest BCUT2D eigenvalue weighted by Crippen LogP contribution is 2.47. The molecule has 0 aromatic heterocycles. The smallest absolute Gasteiger partial charge is 0.00724 e. The number of hydrogen-bond donors (Lipinski definition) is 2. The third-order valence-electron chi connectivity index (χ3n) is 8.52. The van der Waals surface area contributed by atoms with E-state index in [0.29, 0.717) is 34.7 Å². The zero-order chi connectivity index (χ0) is 18.8. The summed E-state index contributed by atoms with van der Waals surface area (Å²) in [5.74, 6) is 3.18. The molecule has 4 N–H and O–H groups in total. The lowest BCUT2D eigenvalue weighted by Gasteiger charge is -2.46. The highest BCUT2D eigenvalue weighted by Gasteiger charge is 2.41. The van der Waals surface area contributed by atoms with E-state index in [1.807, 2.05) is 0 Å². The van der Waals surface area contributed by atoms with Gasteiger partial charge in [-0.15, -0.1) is 0 Å². The van der Waals surface area contributed by atoms with Crippen molar-refractivity contribution in [2.75, 3.05) is 0 Å². The molecule has 0 aliphatic heterocycles. The summed E-state index contributed by atoms with van der Waals surface area (Å²) in [6.45, 7) is 14.4. The van der Waals surface area contributed by atoms with E-state index in [0.717, 1.165) is 11.8 Å². The molecule has 148 valence electrons. The second-order valence-corrected chi connectivity index (χ2v) is 10.8. The Hall–Kier alpha value is -0.0800. The molecule has 0 saturated heterocycles. The van der Waals surface area contributed by atoms with Crippen molar-refractivity contribution in [2.24, 2.45) is 46.0 Å². The Morgan fingerprint density at radius 2 is 1.04 bits per heavy atom. The number of nitrogens with two attached hydrogens (primary N) is 2. The van der Waals surface area contributed by atoms with Gasteiger partial charge in [0.1, 0.15) is 0 Å². The summed E-state index contributed by atoms with van der Waals surface area (Å²) in [7, 11) is 0. The summed E-state index contributed by atoms with van der Waals surface area (Å²) < 4.78 is 0. The fourth-order valence-corrected chi connectivity index (χ4v) is 5.78. The van der Waals surface area contributed by atoms with Gasteiger partial charge in [0.05, 0.1) is 0 Å². The van der Waals surface area contributed by atoms with E-state index in [1.165, 1.54) is 57.8 Å². The van der Waals surface area contributed by atoms with Crippen LogP contribution in [0.1, 0.15) is 99.3 Å². The van der Waals surface area contributed by atoms with Crippen LogP contribution < -0.4 is 11.5 Å². The molecule has 2 fully saturated rings. The molecule has 0 aromatic rings. The largest absolute Gasteiger partial charge is 0.327 e. The van der Waals surface area contributed by atoms with Crippen LogP contribution in [0.4, 0.5) is 0 Å². The van der Waals surface area contributed by atoms with E-state index < -0.39 is 0 Å². The Bertz CT molecular complexity index is 376. The molecule has 2 aliphatic carbocycles. The molecular formula is C23H46N2. The molecule has 0 spiro atoms. The van der Waals surface area contributed by atoms with Gasteiger partial charge in [0.15, 0.2) is 0 Å². The van der Waals surface area contributed by atoms with Crippen LogP contribution in [-0.2, 0) is 0 Å². The summed E-state index contributed by atoms with van der Waals surface area (Å²) in [5.41, 5.74) is 13.8. The molecule has 0 radical (unpaired) electrons. The van der Waals surface area contributed by atoms with Gasteiger partial charge in [-0.05, 0) is 79.4 Å². The topological polar surface area (TPSA) is 52.0 Å². The van der Waals surface area contributed by atoms with Crippen LogP contribution in [0.3, 0.4) is 0 Å². The molecule has 2 heteroatoms. The predicted octanol–water partition coefficient (Wildman–Crippen LogP) is 5.74. The molecule has 2 nitrogen and oxygen atoms in total. The molecule has 0 bridgehead atoms. The van der Waals surface area contributed by atoms with Crippen molar-refractivity contribution in [3.63, 3.8) is 0 Å². The minimum atomic E-state index is 0.389. The first-order valence-corrected chi connectivity index (χ1v) is 11.1. The first-order chi connectivity index (χ1) is 11.6. The Morgan fingerprint density at radius 1 is 0.680 bits per heavy atom. The average molecular weight is 351 g/mol. The van der Waals surface area contributed by atoms with E-state index in [9.17, 15) is 0 Å². The Morgan fingerprint density at radius 3 is 1.36 bits per heavy atom. The average Bonchev–Trinajstić information content (AvgIpc) is 2.58. The van der Waals surface area contributed by atoms with Crippen LogP contribution in [0, 0.1) is 34.5 Å². The molecule has 6 unspecified atom stereocenters. The fourth-order valence-electron chi connectivity index (χ4n) is 5.78. The third-order valence-corrected chi connectivity index (χ3v) is 8.52. The van der Waals surface area contributed by atoms with Gasteiger partial charge in [-0.1, -0.05) is 54.4 Å². The van der Waals surface area contributed by atoms with Gasteiger partial charge in [0.2, 0.25) is 0 Å². The van der Waals surface area contributed by atoms with E-state index in [1.54, 1.807) is 0 Å². The second-order valence-electron chi connectivity index (χ2n) is 10.8. The summed E-state index contributed by atoms with van der Waals surface area (Å²) in [6, 6.07) is 0.829. The van der Waals surface area contributed by atoms with Crippen molar-refractivity contribution < 1.29 is 0 Å². The van der Waals surface area contributed by atoms with E-state index in [2.05, 4.69) is 41.5 Å². The molecule has 0 aromatic carbocycles. The van der Waals surface area contributed by atoms with Gasteiger partial charge in [0, 0.05) is 12.1 Å². The van der Waals surface area contributed by atoms with Crippen molar-refractivity contribution in [3.8, 4) is 0 Å². The van der Waals surface area contributed by atoms with Crippen LogP contribution in [0.5, 0.6) is 0 Å². The number of hydrogen-bond acceptors (Lipinski definition) is 2. The highest BCUT2D eigenvalue weighted by atomic mass is 14.7. The lowest BCUT2D eigenvalue weighted by molar-refractivity contribution is 0.0622. The Kier molecular flexibility index (Phi) is 7.04. The van der Waals surface area contributed by atoms with Crippen LogP contribution >= 0.6 is 0 Å². The maximum Gasteiger partial charge on any atom is 0.00724 e. The first kappa shape index (κ1) is 21.2. The van der Waals surface area contributed by atoms with Gasteiger partial charge in [0.25, 0.3) is 0 Å². The minimum absolute atomic E-state index is 0.389. The molecule has 0 heterocycles. The summed E-state index contributed by atoms with van der Waals surface area (Å²) >= 11 is 0. The highest BCUT2D eigenvalue weighted by molar-refractivity contribution is 4.94. The van der Waals surface area contributed by atoms with Crippen LogP contribution in [-0.4, -0.2) is 12.1 Å². The van der Waals surface area contributed by atoms with E-state index in [-0.39, 0.29) is 0 Å². The van der Waals surface area contributed by atoms with Crippen molar-refractivity contribution in [3.05, 3.63) is 0 Å². The molecule has 2 aliphatic rings. The summed E-state index contributed by atoms with van der Waals surface area (Å²) in [4.78, 5) is 0. The van der Waals surface area contributed by atoms with Gasteiger partial charge in [-0.2, -0.15) is 0 Å². The predicted molar refractivity (Wildman–Crippen MR) is 110 cm³/mol. The molecule has 2 rings (SSSR count). The quantitative estimate of drug-likeness (QED) is 0.642. The molecule has 6 atom stereocenters. The lowest BCUT2D eigenvalue weighted by atomic mass is 9.61. The zero-order valence-corrected chi connectivity index (χ0v) is 18.0. The Labute approximate surface area is 157 Å². The monoisotopic (exact) mass is 350 g/mol. The van der Waals surface area contributed by atoms with E-state index in [4.69, 9.17) is 11.5 Å². The van der Waals surface area contributed by atoms with Gasteiger partial charge >= 0.3 is 0 Å². The van der Waals surface area contributed by atoms with Gasteiger partial charge in [-0.3, -0.25) is 0 Å². The lowest BCUT2D eigenvalue weighted by Crippen LogP contribution is -2.45. The van der Waals surface area contributed by atoms with Gasteiger partial charge < -0.3 is 11.5 Å². The summed E-state index contributed by atoms with van der Waals surface area (Å²) in [6.07, 6.45) is 11.8. The fraction of sp³-hybridized carbons (Fsp3) is 1.00. The SMILES string of the molecule is CCC(C)(C)C1CC(CC2CCC(N)C(C(C)(C)CC)C2)CCC1N. The van der Waals surface area contributed by atoms with Crippen LogP contribution in [0.15, 0.2) is 0 Å². The normalized spacial score (nSPS) is 37.9. The molecular weight excluding hydrogens is 304 g/mol. The van der Waals surface area contributed by atoms with E-state index >= 15 is 0 Å². The third kappa shape index (κ3) is 5.01. The van der Waals surface area contributed by atoms with Crippen molar-refractivity contribution in [2.45, 2.75) is 111 Å². The molecule has 2 saturated carbocycles. The van der Waals surface area contributed by atoms with Crippen molar-refractivity contribution in [1.29, 1.82) is 0 Å². The second kappa shape index (κ2) is 8.30. The van der Waals surface area contributed by atoms with Crippen molar-refractivity contribution >= 4 is 0 Å². The minimum Gasteiger partial charge on any atom is -0.327 e. The first-order valence-electron chi connectivity index (χ1n) is 11.1. The van der Waals surface area contributed by atoms with Crippen LogP contribution in [0.2, 0.25) is 0 Å². The zero-order valence-electron chi connectivity index (χ0n) is 18.0. The molecule has 25 heavy (non-hydrogen) atoms. The van der Waals surface area contributed by atoms with Gasteiger partial charge in [-0.25, -0.2) is 0 Å². The maximum atomic E-state index is 6.53. The van der Waals surface area contributed by atoms with Crippen molar-refractivity contribution in [1.82, 2.24) is 0 Å². The number of rotatable bonds is 6. The Balaban J connectivity index is 1.97. The maximum absolute atomic E-state index is 6.53. The summed E-state index contributed by atoms with van der Waals surface area (Å²) in [5, 5.41) is 0. The molecule has 0 amide bonds. The van der Waals surface area contributed by atoms with Crippen LogP contribution in [0.25, 0.3) is 0 Å².